The van der Waals surface area contributed by atoms with Crippen molar-refractivity contribution in [1.82, 2.24) is 0 Å². The molecule has 0 aliphatic heterocycles. The van der Waals surface area contributed by atoms with E-state index in [2.05, 4.69) is 4.74 Å². The number of hydrogen-bond donors (Lipinski definition) is 1. The molecule has 1 aromatic rings. The molecule has 5 heteroatoms. The third kappa shape index (κ3) is 2.12. The van der Waals surface area contributed by atoms with Gasteiger partial charge >= 0.3 is 5.97 Å². The van der Waals surface area contributed by atoms with Crippen LogP contribution in [-0.4, -0.2) is 20.2 Å². The van der Waals surface area contributed by atoms with Gasteiger partial charge in [0.05, 0.1) is 25.3 Å². The fourth-order valence-corrected chi connectivity index (χ4v) is 1.35. The number of rotatable bonds is 3. The van der Waals surface area contributed by atoms with Crippen LogP contribution in [0.2, 0.25) is 0 Å². The SMILES string of the molecule is COC(=O)c1cc(OC)c(C#N)cc1CN. The Labute approximate surface area is 93.4 Å². The highest BCUT2D eigenvalue weighted by molar-refractivity contribution is 5.92. The average molecular weight is 220 g/mol. The minimum absolute atomic E-state index is 0.156. The molecule has 0 aliphatic rings. The molecule has 1 rings (SSSR count). The summed E-state index contributed by atoms with van der Waals surface area (Å²) in [7, 11) is 2.71. The maximum absolute atomic E-state index is 11.4. The largest absolute Gasteiger partial charge is 0.495 e. The molecule has 0 unspecified atom stereocenters. The first-order chi connectivity index (χ1) is 7.67. The zero-order valence-electron chi connectivity index (χ0n) is 9.11. The highest BCUT2D eigenvalue weighted by atomic mass is 16.5. The zero-order valence-corrected chi connectivity index (χ0v) is 9.11. The Kier molecular flexibility index (Phi) is 3.86. The van der Waals surface area contributed by atoms with Crippen LogP contribution in [0.15, 0.2) is 12.1 Å². The molecule has 2 N–H and O–H groups in total. The van der Waals surface area contributed by atoms with Gasteiger partial charge in [-0.1, -0.05) is 0 Å². The number of esters is 1. The van der Waals surface area contributed by atoms with Crippen molar-refractivity contribution in [3.8, 4) is 11.8 Å². The number of nitriles is 1. The zero-order chi connectivity index (χ0) is 12.1. The third-order valence-electron chi connectivity index (χ3n) is 2.17. The van der Waals surface area contributed by atoms with E-state index in [1.54, 1.807) is 0 Å². The smallest absolute Gasteiger partial charge is 0.338 e. The number of carbonyl (C=O) groups excluding carboxylic acids is 1. The predicted molar refractivity (Wildman–Crippen MR) is 56.9 cm³/mol. The van der Waals surface area contributed by atoms with Crippen molar-refractivity contribution in [2.45, 2.75) is 6.54 Å². The van der Waals surface area contributed by atoms with Crippen molar-refractivity contribution >= 4 is 5.97 Å². The second kappa shape index (κ2) is 5.14. The molecule has 1 aromatic carbocycles. The van der Waals surface area contributed by atoms with Crippen molar-refractivity contribution in [2.75, 3.05) is 14.2 Å². The number of hydrogen-bond acceptors (Lipinski definition) is 5. The fourth-order valence-electron chi connectivity index (χ4n) is 1.35. The van der Waals surface area contributed by atoms with E-state index in [-0.39, 0.29) is 6.54 Å². The van der Waals surface area contributed by atoms with Crippen LogP contribution in [0.5, 0.6) is 5.75 Å². The first-order valence-electron chi connectivity index (χ1n) is 4.57. The van der Waals surface area contributed by atoms with E-state index in [0.717, 1.165) is 0 Å². The van der Waals surface area contributed by atoms with Gasteiger partial charge in [-0.2, -0.15) is 5.26 Å². The van der Waals surface area contributed by atoms with Gasteiger partial charge in [-0.3, -0.25) is 0 Å². The molecule has 0 fully saturated rings. The summed E-state index contributed by atoms with van der Waals surface area (Å²) >= 11 is 0. The van der Waals surface area contributed by atoms with Crippen molar-refractivity contribution in [2.24, 2.45) is 5.73 Å². The first kappa shape index (κ1) is 12.0. The van der Waals surface area contributed by atoms with Crippen LogP contribution in [0.4, 0.5) is 0 Å². The molecule has 0 aromatic heterocycles. The lowest BCUT2D eigenvalue weighted by Crippen LogP contribution is -2.10. The van der Waals surface area contributed by atoms with Gasteiger partial charge in [-0.25, -0.2) is 4.79 Å². The average Bonchev–Trinajstić information content (AvgIpc) is 2.35. The molecule has 0 amide bonds. The van der Waals surface area contributed by atoms with E-state index in [0.29, 0.717) is 22.4 Å². The molecular formula is C11H12N2O3. The molecular weight excluding hydrogens is 208 g/mol. The van der Waals surface area contributed by atoms with Crippen molar-refractivity contribution in [3.05, 3.63) is 28.8 Å². The number of nitrogens with zero attached hydrogens (tertiary/aromatic N) is 1. The molecule has 5 nitrogen and oxygen atoms in total. The van der Waals surface area contributed by atoms with Gasteiger partial charge < -0.3 is 15.2 Å². The lowest BCUT2D eigenvalue weighted by Gasteiger charge is -2.09. The summed E-state index contributed by atoms with van der Waals surface area (Å²) in [6, 6.07) is 4.97. The number of methoxy groups -OCH3 is 2. The second-order valence-corrected chi connectivity index (χ2v) is 3.02. The predicted octanol–water partition coefficient (Wildman–Crippen LogP) is 0.812. The molecule has 0 spiro atoms. The Morgan fingerprint density at radius 1 is 1.50 bits per heavy atom. The fraction of sp³-hybridized carbons (Fsp3) is 0.273. The minimum Gasteiger partial charge on any atom is -0.495 e. The van der Waals surface area contributed by atoms with Crippen molar-refractivity contribution in [3.63, 3.8) is 0 Å². The molecule has 16 heavy (non-hydrogen) atoms. The van der Waals surface area contributed by atoms with E-state index >= 15 is 0 Å². The second-order valence-electron chi connectivity index (χ2n) is 3.02. The quantitative estimate of drug-likeness (QED) is 0.762. The van der Waals surface area contributed by atoms with Gasteiger partial charge in [0, 0.05) is 6.54 Å². The summed E-state index contributed by atoms with van der Waals surface area (Å²) in [6.07, 6.45) is 0. The molecule has 0 radical (unpaired) electrons. The van der Waals surface area contributed by atoms with E-state index in [1.807, 2.05) is 6.07 Å². The van der Waals surface area contributed by atoms with E-state index < -0.39 is 5.97 Å². The van der Waals surface area contributed by atoms with Crippen molar-refractivity contribution < 1.29 is 14.3 Å². The van der Waals surface area contributed by atoms with E-state index in [9.17, 15) is 4.79 Å². The van der Waals surface area contributed by atoms with Gasteiger partial charge in [0.15, 0.2) is 0 Å². The van der Waals surface area contributed by atoms with Gasteiger partial charge in [0.2, 0.25) is 0 Å². The Balaban J connectivity index is 3.38. The van der Waals surface area contributed by atoms with Crippen LogP contribution in [0, 0.1) is 11.3 Å². The lowest BCUT2D eigenvalue weighted by atomic mass is 10.0. The summed E-state index contributed by atoms with van der Waals surface area (Å²) in [5.74, 6) is -0.164. The number of benzene rings is 1. The van der Waals surface area contributed by atoms with Crippen molar-refractivity contribution in [1.29, 1.82) is 5.26 Å². The van der Waals surface area contributed by atoms with Crippen LogP contribution in [0.3, 0.4) is 0 Å². The van der Waals surface area contributed by atoms with Gasteiger partial charge in [-0.05, 0) is 17.7 Å². The molecule has 0 aliphatic carbocycles. The monoisotopic (exact) mass is 220 g/mol. The third-order valence-corrected chi connectivity index (χ3v) is 2.17. The van der Waals surface area contributed by atoms with E-state index in [4.69, 9.17) is 15.7 Å². The molecule has 0 bridgehead atoms. The molecule has 84 valence electrons. The van der Waals surface area contributed by atoms with E-state index in [1.165, 1.54) is 26.4 Å². The Hall–Kier alpha value is -2.06. The maximum atomic E-state index is 11.4. The van der Waals surface area contributed by atoms with Crippen LogP contribution in [-0.2, 0) is 11.3 Å². The summed E-state index contributed by atoms with van der Waals surface area (Å²) < 4.78 is 9.62. The molecule has 0 saturated heterocycles. The normalized spacial score (nSPS) is 9.38. The Morgan fingerprint density at radius 3 is 2.62 bits per heavy atom. The molecule has 0 atom stereocenters. The van der Waals surface area contributed by atoms with Gasteiger partial charge in [0.1, 0.15) is 11.8 Å². The summed E-state index contributed by atoms with van der Waals surface area (Å²) in [5.41, 5.74) is 6.72. The minimum atomic E-state index is -0.497. The topological polar surface area (TPSA) is 85.3 Å². The summed E-state index contributed by atoms with van der Waals surface area (Å²) in [5, 5.41) is 8.87. The molecule has 0 heterocycles. The molecule has 0 saturated carbocycles. The maximum Gasteiger partial charge on any atom is 0.338 e. The standard InChI is InChI=1S/C11H12N2O3/c1-15-10-4-9(11(14)16-2)7(5-12)3-8(10)6-13/h3-4H,5,12H2,1-2H3. The Bertz CT molecular complexity index is 449. The van der Waals surface area contributed by atoms with Crippen LogP contribution in [0.25, 0.3) is 0 Å². The summed E-state index contributed by atoms with van der Waals surface area (Å²) in [4.78, 5) is 11.4. The number of ether oxygens (including phenoxy) is 2. The van der Waals surface area contributed by atoms with Gasteiger partial charge in [-0.15, -0.1) is 0 Å². The number of nitrogens with two attached hydrogens (primary N) is 1. The van der Waals surface area contributed by atoms with Crippen LogP contribution in [0.1, 0.15) is 21.5 Å². The Morgan fingerprint density at radius 2 is 2.19 bits per heavy atom. The lowest BCUT2D eigenvalue weighted by molar-refractivity contribution is 0.0599. The van der Waals surface area contributed by atoms with Crippen LogP contribution < -0.4 is 10.5 Å². The highest BCUT2D eigenvalue weighted by Crippen LogP contribution is 2.23. The summed E-state index contributed by atoms with van der Waals surface area (Å²) in [6.45, 7) is 0.156. The number of carbonyl (C=O) groups is 1. The van der Waals surface area contributed by atoms with Gasteiger partial charge in [0.25, 0.3) is 0 Å². The first-order valence-corrected chi connectivity index (χ1v) is 4.57. The van der Waals surface area contributed by atoms with Crippen LogP contribution >= 0.6 is 0 Å². The highest BCUT2D eigenvalue weighted by Gasteiger charge is 2.15.